The monoisotopic (exact) mass is 514 g/mol. The number of ether oxygens (including phenoxy) is 3. The highest BCUT2D eigenvalue weighted by atomic mass is 127. The van der Waals surface area contributed by atoms with Gasteiger partial charge in [0.2, 0.25) is 5.88 Å². The second kappa shape index (κ2) is 13.9. The summed E-state index contributed by atoms with van der Waals surface area (Å²) in [5, 5.41) is 6.56. The summed E-state index contributed by atoms with van der Waals surface area (Å²) in [7, 11) is 3.38. The SMILES string of the molecule is CCCOc1ncccc1CNC(=NC)NCC(C)Oc1cccc(OC)c1.I. The maximum atomic E-state index is 5.92. The van der Waals surface area contributed by atoms with Crippen molar-refractivity contribution in [2.45, 2.75) is 32.9 Å². The van der Waals surface area contributed by atoms with Crippen LogP contribution in [0.2, 0.25) is 0 Å². The summed E-state index contributed by atoms with van der Waals surface area (Å²) in [5.41, 5.74) is 0.986. The van der Waals surface area contributed by atoms with Gasteiger partial charge in [-0.3, -0.25) is 4.99 Å². The predicted octanol–water partition coefficient (Wildman–Crippen LogP) is 3.63. The number of guanidine groups is 1. The van der Waals surface area contributed by atoms with Gasteiger partial charge in [0.15, 0.2) is 5.96 Å². The van der Waals surface area contributed by atoms with E-state index in [1.54, 1.807) is 20.4 Å². The van der Waals surface area contributed by atoms with Crippen LogP contribution in [0.1, 0.15) is 25.8 Å². The number of benzene rings is 1. The highest BCUT2D eigenvalue weighted by Crippen LogP contribution is 2.19. The molecule has 2 rings (SSSR count). The Labute approximate surface area is 190 Å². The molecule has 8 heteroatoms. The van der Waals surface area contributed by atoms with Gasteiger partial charge < -0.3 is 24.8 Å². The number of halogens is 1. The maximum Gasteiger partial charge on any atom is 0.218 e. The number of hydrogen-bond donors (Lipinski definition) is 2. The average Bonchev–Trinajstić information content (AvgIpc) is 2.73. The van der Waals surface area contributed by atoms with Crippen LogP contribution in [-0.4, -0.2) is 44.4 Å². The first-order valence-electron chi connectivity index (χ1n) is 9.48. The number of nitrogens with zero attached hydrogens (tertiary/aromatic N) is 2. The van der Waals surface area contributed by atoms with Crippen molar-refractivity contribution >= 4 is 29.9 Å². The number of hydrogen-bond acceptors (Lipinski definition) is 5. The molecule has 1 aromatic heterocycles. The van der Waals surface area contributed by atoms with Crippen molar-refractivity contribution in [2.75, 3.05) is 27.3 Å². The lowest BCUT2D eigenvalue weighted by Crippen LogP contribution is -2.41. The Hall–Kier alpha value is -2.23. The van der Waals surface area contributed by atoms with E-state index in [0.717, 1.165) is 23.5 Å². The van der Waals surface area contributed by atoms with Gasteiger partial charge in [0.1, 0.15) is 17.6 Å². The molecule has 2 N–H and O–H groups in total. The summed E-state index contributed by atoms with van der Waals surface area (Å²) in [6.45, 7) is 5.88. The molecule has 0 fully saturated rings. The lowest BCUT2D eigenvalue weighted by molar-refractivity contribution is 0.223. The zero-order valence-electron chi connectivity index (χ0n) is 17.5. The molecule has 0 saturated heterocycles. The van der Waals surface area contributed by atoms with Crippen LogP contribution in [0, 0.1) is 0 Å². The third kappa shape index (κ3) is 8.76. The molecule has 0 bridgehead atoms. The number of nitrogens with one attached hydrogen (secondary N) is 2. The average molecular weight is 514 g/mol. The van der Waals surface area contributed by atoms with Gasteiger partial charge in [-0.05, 0) is 31.5 Å². The molecule has 1 aromatic carbocycles. The van der Waals surface area contributed by atoms with Gasteiger partial charge in [-0.1, -0.05) is 19.1 Å². The first-order valence-corrected chi connectivity index (χ1v) is 9.48. The molecule has 2 aromatic rings. The van der Waals surface area contributed by atoms with Crippen LogP contribution in [0.25, 0.3) is 0 Å². The second-order valence-electron chi connectivity index (χ2n) is 6.23. The van der Waals surface area contributed by atoms with E-state index >= 15 is 0 Å². The van der Waals surface area contributed by atoms with Crippen LogP contribution in [-0.2, 0) is 6.54 Å². The minimum atomic E-state index is -0.0486. The van der Waals surface area contributed by atoms with Crippen LogP contribution >= 0.6 is 24.0 Å². The molecule has 29 heavy (non-hydrogen) atoms. The number of aliphatic imine (C=N–C) groups is 1. The smallest absolute Gasteiger partial charge is 0.218 e. The fourth-order valence-corrected chi connectivity index (χ4v) is 2.48. The molecular weight excluding hydrogens is 483 g/mol. The molecule has 0 aliphatic rings. The van der Waals surface area contributed by atoms with Crippen molar-refractivity contribution in [1.29, 1.82) is 0 Å². The van der Waals surface area contributed by atoms with Crippen LogP contribution in [0.5, 0.6) is 17.4 Å². The second-order valence-corrected chi connectivity index (χ2v) is 6.23. The number of pyridine rings is 1. The Morgan fingerprint density at radius 1 is 1.17 bits per heavy atom. The van der Waals surface area contributed by atoms with Gasteiger partial charge in [0, 0.05) is 31.4 Å². The first-order chi connectivity index (χ1) is 13.7. The number of methoxy groups -OCH3 is 1. The lowest BCUT2D eigenvalue weighted by Gasteiger charge is -2.18. The summed E-state index contributed by atoms with van der Waals surface area (Å²) in [4.78, 5) is 8.56. The van der Waals surface area contributed by atoms with E-state index in [0.29, 0.717) is 31.5 Å². The third-order valence-corrected chi connectivity index (χ3v) is 3.90. The van der Waals surface area contributed by atoms with Crippen LogP contribution in [0.3, 0.4) is 0 Å². The summed E-state index contributed by atoms with van der Waals surface area (Å²) >= 11 is 0. The van der Waals surface area contributed by atoms with E-state index < -0.39 is 0 Å². The van der Waals surface area contributed by atoms with Gasteiger partial charge in [0.25, 0.3) is 0 Å². The summed E-state index contributed by atoms with van der Waals surface area (Å²) < 4.78 is 16.8. The van der Waals surface area contributed by atoms with Gasteiger partial charge in [-0.15, -0.1) is 24.0 Å². The molecule has 1 heterocycles. The largest absolute Gasteiger partial charge is 0.497 e. The zero-order valence-corrected chi connectivity index (χ0v) is 19.8. The van der Waals surface area contributed by atoms with Crippen molar-refractivity contribution in [2.24, 2.45) is 4.99 Å². The summed E-state index contributed by atoms with van der Waals surface area (Å²) in [6, 6.07) is 11.5. The molecule has 7 nitrogen and oxygen atoms in total. The molecule has 0 saturated carbocycles. The van der Waals surface area contributed by atoms with Crippen LogP contribution < -0.4 is 24.8 Å². The Bertz CT molecular complexity index is 758. The maximum absolute atomic E-state index is 5.92. The van der Waals surface area contributed by atoms with Crippen molar-refractivity contribution in [3.63, 3.8) is 0 Å². The van der Waals surface area contributed by atoms with E-state index in [-0.39, 0.29) is 30.1 Å². The van der Waals surface area contributed by atoms with E-state index in [4.69, 9.17) is 14.2 Å². The third-order valence-electron chi connectivity index (χ3n) is 3.90. The van der Waals surface area contributed by atoms with Gasteiger partial charge >= 0.3 is 0 Å². The fourth-order valence-electron chi connectivity index (χ4n) is 2.48. The Kier molecular flexibility index (Phi) is 11.9. The standard InChI is InChI=1S/C21H30N4O3.HI/c1-5-12-27-20-17(8-7-11-23-20)15-25-21(22-3)24-14-16(2)28-19-10-6-9-18(13-19)26-4;/h6-11,13,16H,5,12,14-15H2,1-4H3,(H2,22,24,25);1H. The molecule has 0 aliphatic heterocycles. The lowest BCUT2D eigenvalue weighted by atomic mass is 10.2. The highest BCUT2D eigenvalue weighted by molar-refractivity contribution is 14.0. The minimum Gasteiger partial charge on any atom is -0.497 e. The molecule has 0 spiro atoms. The molecule has 0 radical (unpaired) electrons. The highest BCUT2D eigenvalue weighted by Gasteiger charge is 2.08. The van der Waals surface area contributed by atoms with E-state index in [1.807, 2.05) is 43.3 Å². The number of rotatable bonds is 10. The normalized spacial score (nSPS) is 11.8. The summed E-state index contributed by atoms with van der Waals surface area (Å²) in [6.07, 6.45) is 2.63. The topological polar surface area (TPSA) is 77.0 Å². The fraction of sp³-hybridized carbons (Fsp3) is 0.429. The van der Waals surface area contributed by atoms with Gasteiger partial charge in [-0.25, -0.2) is 4.98 Å². The quantitative estimate of drug-likeness (QED) is 0.287. The first kappa shape index (κ1) is 24.8. The van der Waals surface area contributed by atoms with E-state index in [1.165, 1.54) is 0 Å². The summed E-state index contributed by atoms with van der Waals surface area (Å²) in [5.74, 6) is 2.88. The van der Waals surface area contributed by atoms with E-state index in [9.17, 15) is 0 Å². The van der Waals surface area contributed by atoms with Crippen molar-refractivity contribution in [3.8, 4) is 17.4 Å². The Morgan fingerprint density at radius 3 is 2.69 bits per heavy atom. The van der Waals surface area contributed by atoms with E-state index in [2.05, 4.69) is 27.5 Å². The zero-order chi connectivity index (χ0) is 20.2. The predicted molar refractivity (Wildman–Crippen MR) is 127 cm³/mol. The Balaban J connectivity index is 0.00000420. The Morgan fingerprint density at radius 2 is 1.97 bits per heavy atom. The molecule has 1 atom stereocenters. The number of aromatic nitrogens is 1. The molecule has 0 amide bonds. The molecule has 0 aliphatic carbocycles. The van der Waals surface area contributed by atoms with Gasteiger partial charge in [0.05, 0.1) is 20.3 Å². The van der Waals surface area contributed by atoms with Crippen molar-refractivity contribution in [1.82, 2.24) is 15.6 Å². The molecule has 1 unspecified atom stereocenters. The van der Waals surface area contributed by atoms with Crippen LogP contribution in [0.15, 0.2) is 47.6 Å². The van der Waals surface area contributed by atoms with Crippen molar-refractivity contribution in [3.05, 3.63) is 48.2 Å². The van der Waals surface area contributed by atoms with Crippen molar-refractivity contribution < 1.29 is 14.2 Å². The van der Waals surface area contributed by atoms with Crippen LogP contribution in [0.4, 0.5) is 0 Å². The van der Waals surface area contributed by atoms with Gasteiger partial charge in [-0.2, -0.15) is 0 Å². The molecular formula is C21H31IN4O3. The minimum absolute atomic E-state index is 0. The molecule has 160 valence electrons.